The predicted molar refractivity (Wildman–Crippen MR) is 64.8 cm³/mol. The molecule has 0 aliphatic heterocycles. The van der Waals surface area contributed by atoms with Gasteiger partial charge in [0.05, 0.1) is 0 Å². The highest BCUT2D eigenvalue weighted by atomic mass is 16.4. The average Bonchev–Trinajstić information content (AvgIpc) is 2.28. The van der Waals surface area contributed by atoms with E-state index in [9.17, 15) is 9.59 Å². The monoisotopic (exact) mass is 242 g/mol. The highest BCUT2D eigenvalue weighted by molar-refractivity contribution is 5.82. The number of rotatable bonds is 4. The van der Waals surface area contributed by atoms with E-state index in [1.165, 1.54) is 13.3 Å². The zero-order valence-corrected chi connectivity index (χ0v) is 10.5. The van der Waals surface area contributed by atoms with E-state index in [-0.39, 0.29) is 12.1 Å². The molecule has 0 radical (unpaired) electrons. The maximum Gasteiger partial charge on any atom is 0.325 e. The topological polar surface area (TPSA) is 78.4 Å². The summed E-state index contributed by atoms with van der Waals surface area (Å²) in [4.78, 5) is 22.1. The number of nitrogens with one attached hydrogen (secondary N) is 2. The van der Waals surface area contributed by atoms with Crippen molar-refractivity contribution in [1.82, 2.24) is 10.6 Å². The Kier molecular flexibility index (Phi) is 5.25. The van der Waals surface area contributed by atoms with Crippen LogP contribution >= 0.6 is 0 Å². The molecule has 0 aromatic rings. The quantitative estimate of drug-likeness (QED) is 0.702. The second-order valence-corrected chi connectivity index (χ2v) is 4.82. The molecule has 0 spiro atoms. The number of urea groups is 1. The summed E-state index contributed by atoms with van der Waals surface area (Å²) in [5, 5.41) is 13.9. The molecule has 2 unspecified atom stereocenters. The zero-order valence-electron chi connectivity index (χ0n) is 10.5. The Morgan fingerprint density at radius 1 is 1.41 bits per heavy atom. The van der Waals surface area contributed by atoms with Crippen LogP contribution in [0.4, 0.5) is 4.79 Å². The Labute approximate surface area is 102 Å². The van der Waals surface area contributed by atoms with Gasteiger partial charge in [-0.15, -0.1) is 0 Å². The normalized spacial score (nSPS) is 26.0. The Morgan fingerprint density at radius 2 is 2.12 bits per heavy atom. The van der Waals surface area contributed by atoms with Crippen LogP contribution in [0.3, 0.4) is 0 Å². The lowest BCUT2D eigenvalue weighted by Crippen LogP contribution is -2.48. The summed E-state index contributed by atoms with van der Waals surface area (Å²) in [7, 11) is 0. The molecular formula is C12H22N2O3. The number of carbonyl (C=O) groups excluding carboxylic acids is 1. The van der Waals surface area contributed by atoms with Crippen LogP contribution in [0.25, 0.3) is 0 Å². The van der Waals surface area contributed by atoms with Crippen LogP contribution < -0.4 is 10.6 Å². The molecule has 1 saturated carbocycles. The van der Waals surface area contributed by atoms with Gasteiger partial charge in [0.15, 0.2) is 0 Å². The number of aliphatic carboxylic acids is 1. The second kappa shape index (κ2) is 6.47. The van der Waals surface area contributed by atoms with Gasteiger partial charge in [-0.25, -0.2) is 4.79 Å². The van der Waals surface area contributed by atoms with Gasteiger partial charge in [-0.3, -0.25) is 4.79 Å². The van der Waals surface area contributed by atoms with Crippen molar-refractivity contribution in [2.75, 3.05) is 0 Å². The summed E-state index contributed by atoms with van der Waals surface area (Å²) in [6.45, 7) is 3.62. The van der Waals surface area contributed by atoms with Crippen molar-refractivity contribution in [1.29, 1.82) is 0 Å². The molecule has 0 aromatic carbocycles. The summed E-state index contributed by atoms with van der Waals surface area (Å²) in [5.41, 5.74) is 0. The number of carbonyl (C=O) groups is 2. The maximum absolute atomic E-state index is 11.5. The van der Waals surface area contributed by atoms with E-state index in [4.69, 9.17) is 5.11 Å². The third-order valence-electron chi connectivity index (χ3n) is 3.41. The highest BCUT2D eigenvalue weighted by Crippen LogP contribution is 2.26. The van der Waals surface area contributed by atoms with Crippen molar-refractivity contribution in [3.63, 3.8) is 0 Å². The first-order valence-corrected chi connectivity index (χ1v) is 6.32. The first-order chi connectivity index (χ1) is 8.02. The van der Waals surface area contributed by atoms with Gasteiger partial charge in [-0.05, 0) is 25.7 Å². The van der Waals surface area contributed by atoms with Gasteiger partial charge < -0.3 is 15.7 Å². The second-order valence-electron chi connectivity index (χ2n) is 4.82. The molecule has 17 heavy (non-hydrogen) atoms. The lowest BCUT2D eigenvalue weighted by molar-refractivity contribution is -0.138. The molecule has 5 nitrogen and oxygen atoms in total. The zero-order chi connectivity index (χ0) is 12.8. The smallest absolute Gasteiger partial charge is 0.325 e. The number of carboxylic acids is 1. The molecule has 1 fully saturated rings. The lowest BCUT2D eigenvalue weighted by Gasteiger charge is -2.29. The summed E-state index contributed by atoms with van der Waals surface area (Å²) in [6.07, 6.45) is 5.52. The lowest BCUT2D eigenvalue weighted by atomic mass is 9.84. The number of amides is 2. The molecule has 3 N–H and O–H groups in total. The molecular weight excluding hydrogens is 220 g/mol. The molecule has 3 atom stereocenters. The van der Waals surface area contributed by atoms with Crippen molar-refractivity contribution < 1.29 is 14.7 Å². The standard InChI is InChI=1S/C12H22N2O3/c1-3-9-5-4-6-10(7-9)14-12(17)13-8(2)11(15)16/h8-10H,3-7H2,1-2H3,(H,15,16)(H2,13,14,17)/t8-,9?,10?/m1/s1. The summed E-state index contributed by atoms with van der Waals surface area (Å²) in [5.74, 6) is -0.332. The Hall–Kier alpha value is -1.26. The molecule has 0 saturated heterocycles. The minimum atomic E-state index is -1.02. The van der Waals surface area contributed by atoms with E-state index in [0.717, 1.165) is 25.7 Å². The van der Waals surface area contributed by atoms with Crippen LogP contribution in [0.2, 0.25) is 0 Å². The van der Waals surface area contributed by atoms with Gasteiger partial charge in [0, 0.05) is 6.04 Å². The molecule has 5 heteroatoms. The molecule has 1 aliphatic carbocycles. The third-order valence-corrected chi connectivity index (χ3v) is 3.41. The van der Waals surface area contributed by atoms with E-state index < -0.39 is 12.0 Å². The van der Waals surface area contributed by atoms with Crippen molar-refractivity contribution in [3.05, 3.63) is 0 Å². The first kappa shape index (κ1) is 13.8. The van der Waals surface area contributed by atoms with Crippen molar-refractivity contribution in [2.45, 2.75) is 58.0 Å². The average molecular weight is 242 g/mol. The molecule has 98 valence electrons. The maximum atomic E-state index is 11.5. The predicted octanol–water partition coefficient (Wildman–Crippen LogP) is 1.73. The van der Waals surface area contributed by atoms with Crippen LogP contribution in [-0.2, 0) is 4.79 Å². The Balaban J connectivity index is 2.33. The minimum Gasteiger partial charge on any atom is -0.480 e. The Morgan fingerprint density at radius 3 is 2.71 bits per heavy atom. The van der Waals surface area contributed by atoms with Gasteiger partial charge >= 0.3 is 12.0 Å². The van der Waals surface area contributed by atoms with Gasteiger partial charge in [0.2, 0.25) is 0 Å². The van der Waals surface area contributed by atoms with Crippen molar-refractivity contribution >= 4 is 12.0 Å². The molecule has 1 rings (SSSR count). The number of carboxylic acid groups (broad SMARTS) is 1. The third kappa shape index (κ3) is 4.63. The SMILES string of the molecule is CCC1CCCC(NC(=O)N[C@H](C)C(=O)O)C1. The van der Waals surface area contributed by atoms with Gasteiger partial charge in [0.25, 0.3) is 0 Å². The fourth-order valence-corrected chi connectivity index (χ4v) is 2.28. The molecule has 0 aromatic heterocycles. The van der Waals surface area contributed by atoms with E-state index in [1.54, 1.807) is 0 Å². The molecule has 2 amide bonds. The highest BCUT2D eigenvalue weighted by Gasteiger charge is 2.23. The van der Waals surface area contributed by atoms with Crippen molar-refractivity contribution in [2.24, 2.45) is 5.92 Å². The summed E-state index contributed by atoms with van der Waals surface area (Å²) >= 11 is 0. The molecule has 0 heterocycles. The molecule has 1 aliphatic rings. The molecule has 0 bridgehead atoms. The minimum absolute atomic E-state index is 0.190. The summed E-state index contributed by atoms with van der Waals surface area (Å²) < 4.78 is 0. The van der Waals surface area contributed by atoms with Gasteiger partial charge in [0.1, 0.15) is 6.04 Å². The van der Waals surface area contributed by atoms with E-state index in [1.807, 2.05) is 0 Å². The fourth-order valence-electron chi connectivity index (χ4n) is 2.28. The van der Waals surface area contributed by atoms with Crippen molar-refractivity contribution in [3.8, 4) is 0 Å². The first-order valence-electron chi connectivity index (χ1n) is 6.32. The van der Waals surface area contributed by atoms with Crippen LogP contribution in [0.1, 0.15) is 46.0 Å². The Bertz CT molecular complexity index is 281. The van der Waals surface area contributed by atoms with E-state index in [0.29, 0.717) is 5.92 Å². The van der Waals surface area contributed by atoms with Gasteiger partial charge in [-0.1, -0.05) is 26.2 Å². The van der Waals surface area contributed by atoms with E-state index >= 15 is 0 Å². The van der Waals surface area contributed by atoms with Gasteiger partial charge in [-0.2, -0.15) is 0 Å². The summed E-state index contributed by atoms with van der Waals surface area (Å²) in [6, 6.07) is -1.03. The van der Waals surface area contributed by atoms with Crippen LogP contribution in [-0.4, -0.2) is 29.2 Å². The number of hydrogen-bond acceptors (Lipinski definition) is 2. The van der Waals surface area contributed by atoms with E-state index in [2.05, 4.69) is 17.6 Å². The number of hydrogen-bond donors (Lipinski definition) is 3. The van der Waals surface area contributed by atoms with Crippen LogP contribution in [0.15, 0.2) is 0 Å². The van der Waals surface area contributed by atoms with Crippen LogP contribution in [0.5, 0.6) is 0 Å². The van der Waals surface area contributed by atoms with Crippen LogP contribution in [0, 0.1) is 5.92 Å². The fraction of sp³-hybridized carbons (Fsp3) is 0.833. The largest absolute Gasteiger partial charge is 0.480 e.